The van der Waals surface area contributed by atoms with Gasteiger partial charge in [-0.3, -0.25) is 0 Å². The van der Waals surface area contributed by atoms with Gasteiger partial charge in [-0.1, -0.05) is 0 Å². The quantitative estimate of drug-likeness (QED) is 0.724. The van der Waals surface area contributed by atoms with Gasteiger partial charge in [-0.25, -0.2) is 0 Å². The zero-order valence-electron chi connectivity index (χ0n) is 8.82. The highest BCUT2D eigenvalue weighted by molar-refractivity contribution is 4.74. The molecular formula is C10H21NO2. The van der Waals surface area contributed by atoms with E-state index >= 15 is 0 Å². The first-order valence-corrected chi connectivity index (χ1v) is 5.10. The highest BCUT2D eigenvalue weighted by atomic mass is 16.5. The molecule has 0 bridgehead atoms. The second kappa shape index (κ2) is 4.94. The van der Waals surface area contributed by atoms with E-state index in [1.54, 1.807) is 0 Å². The summed E-state index contributed by atoms with van der Waals surface area (Å²) in [5.41, 5.74) is 5.62. The third kappa shape index (κ3) is 4.07. The molecule has 3 heteroatoms. The number of ether oxygens (including phenoxy) is 2. The molecule has 0 aromatic heterocycles. The first-order chi connectivity index (χ1) is 6.08. The first kappa shape index (κ1) is 11.0. The summed E-state index contributed by atoms with van der Waals surface area (Å²) in [7, 11) is 0. The maximum Gasteiger partial charge on any atom is 0.0625 e. The van der Waals surface area contributed by atoms with Crippen molar-refractivity contribution in [3.05, 3.63) is 0 Å². The van der Waals surface area contributed by atoms with Gasteiger partial charge in [-0.2, -0.15) is 0 Å². The van der Waals surface area contributed by atoms with Crippen LogP contribution in [0.5, 0.6) is 0 Å². The van der Waals surface area contributed by atoms with Crippen molar-refractivity contribution >= 4 is 0 Å². The molecule has 1 aliphatic rings. The molecule has 3 atom stereocenters. The summed E-state index contributed by atoms with van der Waals surface area (Å²) in [6, 6.07) is 0.133. The van der Waals surface area contributed by atoms with Gasteiger partial charge < -0.3 is 15.2 Å². The molecule has 0 aromatic carbocycles. The van der Waals surface area contributed by atoms with Gasteiger partial charge in [0.05, 0.1) is 24.9 Å². The monoisotopic (exact) mass is 187 g/mol. The lowest BCUT2D eigenvalue weighted by Crippen LogP contribution is -2.36. The number of hydrogen-bond donors (Lipinski definition) is 1. The predicted octanol–water partition coefficient (Wildman–Crippen LogP) is 1.31. The van der Waals surface area contributed by atoms with Crippen molar-refractivity contribution in [2.24, 2.45) is 5.73 Å². The molecule has 1 heterocycles. The van der Waals surface area contributed by atoms with Gasteiger partial charge in [0.2, 0.25) is 0 Å². The van der Waals surface area contributed by atoms with E-state index in [9.17, 15) is 0 Å². The normalized spacial score (nSPS) is 37.4. The van der Waals surface area contributed by atoms with E-state index in [4.69, 9.17) is 15.2 Å². The van der Waals surface area contributed by atoms with Crippen molar-refractivity contribution in [3.8, 4) is 0 Å². The molecule has 1 fully saturated rings. The highest BCUT2D eigenvalue weighted by Gasteiger charge is 2.24. The van der Waals surface area contributed by atoms with Gasteiger partial charge in [0.25, 0.3) is 0 Å². The van der Waals surface area contributed by atoms with Crippen LogP contribution in [-0.2, 0) is 9.47 Å². The molecule has 13 heavy (non-hydrogen) atoms. The van der Waals surface area contributed by atoms with Crippen molar-refractivity contribution in [1.82, 2.24) is 0 Å². The summed E-state index contributed by atoms with van der Waals surface area (Å²) in [6.45, 7) is 6.81. The van der Waals surface area contributed by atoms with Crippen molar-refractivity contribution in [2.75, 3.05) is 6.61 Å². The molecule has 0 amide bonds. The largest absolute Gasteiger partial charge is 0.376 e. The van der Waals surface area contributed by atoms with Gasteiger partial charge in [-0.15, -0.1) is 0 Å². The Kier molecular flexibility index (Phi) is 4.16. The Morgan fingerprint density at radius 2 is 1.92 bits per heavy atom. The molecular weight excluding hydrogens is 166 g/mol. The van der Waals surface area contributed by atoms with E-state index in [0.717, 1.165) is 12.8 Å². The summed E-state index contributed by atoms with van der Waals surface area (Å²) in [5.74, 6) is 0. The van der Waals surface area contributed by atoms with Crippen LogP contribution in [0.25, 0.3) is 0 Å². The van der Waals surface area contributed by atoms with Crippen LogP contribution < -0.4 is 5.73 Å². The Morgan fingerprint density at radius 1 is 1.38 bits per heavy atom. The topological polar surface area (TPSA) is 44.5 Å². The van der Waals surface area contributed by atoms with E-state index in [1.807, 2.05) is 6.92 Å². The van der Waals surface area contributed by atoms with Crippen molar-refractivity contribution in [1.29, 1.82) is 0 Å². The van der Waals surface area contributed by atoms with Crippen molar-refractivity contribution in [2.45, 2.75) is 58.0 Å². The van der Waals surface area contributed by atoms with Gasteiger partial charge in [0.15, 0.2) is 0 Å². The molecule has 2 N–H and O–H groups in total. The van der Waals surface area contributed by atoms with Crippen LogP contribution in [0.3, 0.4) is 0 Å². The average molecular weight is 187 g/mol. The van der Waals surface area contributed by atoms with Gasteiger partial charge >= 0.3 is 0 Å². The molecule has 0 radical (unpaired) electrons. The molecule has 78 valence electrons. The average Bonchev–Trinajstić information content (AvgIpc) is 1.99. The molecule has 3 unspecified atom stereocenters. The van der Waals surface area contributed by atoms with Crippen LogP contribution in [-0.4, -0.2) is 31.0 Å². The molecule has 0 saturated carbocycles. The third-order valence-electron chi connectivity index (χ3n) is 2.25. The minimum absolute atomic E-state index is 0.133. The molecule has 1 saturated heterocycles. The number of nitrogens with two attached hydrogens (primary N) is 1. The van der Waals surface area contributed by atoms with Gasteiger partial charge in [0, 0.05) is 6.04 Å². The summed E-state index contributed by atoms with van der Waals surface area (Å²) < 4.78 is 11.3. The lowest BCUT2D eigenvalue weighted by Gasteiger charge is -2.32. The Balaban J connectivity index is 2.25. The predicted molar refractivity (Wildman–Crippen MR) is 52.6 cm³/mol. The number of rotatable bonds is 3. The minimum Gasteiger partial charge on any atom is -0.376 e. The Hall–Kier alpha value is -0.120. The maximum absolute atomic E-state index is 5.68. The van der Waals surface area contributed by atoms with Crippen LogP contribution in [0, 0.1) is 0 Å². The fraction of sp³-hybridized carbons (Fsp3) is 1.00. The molecule has 0 spiro atoms. The standard InChI is InChI=1S/C10H21NO2/c1-7(11)6-12-10-4-8(2)13-9(3)5-10/h7-10H,4-6,11H2,1-3H3. The first-order valence-electron chi connectivity index (χ1n) is 5.10. The van der Waals surface area contributed by atoms with Crippen LogP contribution in [0.4, 0.5) is 0 Å². The summed E-state index contributed by atoms with van der Waals surface area (Å²) in [5, 5.41) is 0. The molecule has 1 aliphatic heterocycles. The minimum atomic E-state index is 0.133. The highest BCUT2D eigenvalue weighted by Crippen LogP contribution is 2.21. The van der Waals surface area contributed by atoms with E-state index in [0.29, 0.717) is 24.9 Å². The second-order valence-electron chi connectivity index (χ2n) is 4.16. The second-order valence-corrected chi connectivity index (χ2v) is 4.16. The molecule has 3 nitrogen and oxygen atoms in total. The lowest BCUT2D eigenvalue weighted by atomic mass is 10.0. The SMILES string of the molecule is CC(N)COC1CC(C)OC(C)C1. The van der Waals surface area contributed by atoms with E-state index in [-0.39, 0.29) is 6.04 Å². The van der Waals surface area contributed by atoms with Crippen molar-refractivity contribution < 1.29 is 9.47 Å². The van der Waals surface area contributed by atoms with Crippen LogP contribution >= 0.6 is 0 Å². The summed E-state index contributed by atoms with van der Waals surface area (Å²) in [6.07, 6.45) is 2.97. The molecule has 1 rings (SSSR count). The van der Waals surface area contributed by atoms with Gasteiger partial charge in [0.1, 0.15) is 0 Å². The zero-order chi connectivity index (χ0) is 9.84. The molecule has 0 aromatic rings. The Morgan fingerprint density at radius 3 is 2.38 bits per heavy atom. The maximum atomic E-state index is 5.68. The Bertz CT molecular complexity index is 140. The Labute approximate surface area is 80.6 Å². The zero-order valence-corrected chi connectivity index (χ0v) is 8.82. The van der Waals surface area contributed by atoms with E-state index in [1.165, 1.54) is 0 Å². The fourth-order valence-electron chi connectivity index (χ4n) is 1.77. The van der Waals surface area contributed by atoms with Gasteiger partial charge in [-0.05, 0) is 33.6 Å². The van der Waals surface area contributed by atoms with Crippen molar-refractivity contribution in [3.63, 3.8) is 0 Å². The summed E-state index contributed by atoms with van der Waals surface area (Å²) in [4.78, 5) is 0. The van der Waals surface area contributed by atoms with E-state index < -0.39 is 0 Å². The van der Waals surface area contributed by atoms with E-state index in [2.05, 4.69) is 13.8 Å². The third-order valence-corrected chi connectivity index (χ3v) is 2.25. The fourth-order valence-corrected chi connectivity index (χ4v) is 1.77. The van der Waals surface area contributed by atoms with Crippen LogP contribution in [0.15, 0.2) is 0 Å². The van der Waals surface area contributed by atoms with Crippen LogP contribution in [0.2, 0.25) is 0 Å². The lowest BCUT2D eigenvalue weighted by molar-refractivity contribution is -0.103. The smallest absolute Gasteiger partial charge is 0.0625 e. The summed E-state index contributed by atoms with van der Waals surface area (Å²) >= 11 is 0. The molecule has 0 aliphatic carbocycles. The van der Waals surface area contributed by atoms with Crippen LogP contribution in [0.1, 0.15) is 33.6 Å². The number of hydrogen-bond acceptors (Lipinski definition) is 3.